The van der Waals surface area contributed by atoms with Crippen LogP contribution in [0.15, 0.2) is 18.2 Å². The summed E-state index contributed by atoms with van der Waals surface area (Å²) in [6.07, 6.45) is 3.37. The van der Waals surface area contributed by atoms with E-state index in [4.69, 9.17) is 14.7 Å². The van der Waals surface area contributed by atoms with E-state index in [0.717, 1.165) is 12.8 Å². The van der Waals surface area contributed by atoms with Crippen LogP contribution in [0.2, 0.25) is 0 Å². The van der Waals surface area contributed by atoms with Crippen molar-refractivity contribution in [3.05, 3.63) is 29.3 Å². The molecular formula is C9H11BO3. The van der Waals surface area contributed by atoms with Gasteiger partial charge in [0.05, 0.1) is 0 Å². The Hall–Kier alpha value is -0.995. The SMILES string of the molecule is OB(O)Oc1ccc2c(c1)CCC2. The molecule has 13 heavy (non-hydrogen) atoms. The number of aryl methyl sites for hydroxylation is 2. The molecule has 2 rings (SSSR count). The number of fused-ring (bicyclic) bond motifs is 1. The minimum absolute atomic E-state index is 0.524. The van der Waals surface area contributed by atoms with Crippen molar-refractivity contribution in [3.63, 3.8) is 0 Å². The molecule has 1 aliphatic carbocycles. The first-order chi connectivity index (χ1) is 6.25. The largest absolute Gasteiger partial charge is 0.707 e. The Morgan fingerprint density at radius 2 is 1.92 bits per heavy atom. The van der Waals surface area contributed by atoms with E-state index in [0.29, 0.717) is 5.75 Å². The Morgan fingerprint density at radius 1 is 1.15 bits per heavy atom. The Bertz CT molecular complexity index is 312. The lowest BCUT2D eigenvalue weighted by Gasteiger charge is -2.06. The third-order valence-corrected chi connectivity index (χ3v) is 2.31. The molecule has 0 saturated carbocycles. The van der Waals surface area contributed by atoms with Crippen LogP contribution in [0.25, 0.3) is 0 Å². The second-order valence-electron chi connectivity index (χ2n) is 3.23. The van der Waals surface area contributed by atoms with Crippen LogP contribution < -0.4 is 4.65 Å². The van der Waals surface area contributed by atoms with E-state index >= 15 is 0 Å². The van der Waals surface area contributed by atoms with Crippen LogP contribution >= 0.6 is 0 Å². The summed E-state index contributed by atoms with van der Waals surface area (Å²) in [4.78, 5) is 0. The van der Waals surface area contributed by atoms with Gasteiger partial charge < -0.3 is 14.7 Å². The monoisotopic (exact) mass is 178 g/mol. The Kier molecular flexibility index (Phi) is 2.25. The quantitative estimate of drug-likeness (QED) is 0.649. The maximum Gasteiger partial charge on any atom is 0.707 e. The zero-order chi connectivity index (χ0) is 9.26. The van der Waals surface area contributed by atoms with Gasteiger partial charge in [-0.25, -0.2) is 0 Å². The molecule has 0 heterocycles. The summed E-state index contributed by atoms with van der Waals surface area (Å²) in [7, 11) is -1.72. The number of hydrogen-bond donors (Lipinski definition) is 2. The predicted molar refractivity (Wildman–Crippen MR) is 49.3 cm³/mol. The fourth-order valence-corrected chi connectivity index (χ4v) is 1.74. The lowest BCUT2D eigenvalue weighted by Crippen LogP contribution is -2.20. The van der Waals surface area contributed by atoms with Gasteiger partial charge in [-0.15, -0.1) is 0 Å². The van der Waals surface area contributed by atoms with Gasteiger partial charge in [-0.2, -0.15) is 0 Å². The van der Waals surface area contributed by atoms with E-state index in [1.165, 1.54) is 17.5 Å². The van der Waals surface area contributed by atoms with Crippen molar-refractivity contribution in [3.8, 4) is 5.75 Å². The van der Waals surface area contributed by atoms with Gasteiger partial charge in [0.25, 0.3) is 0 Å². The average molecular weight is 178 g/mol. The lowest BCUT2D eigenvalue weighted by molar-refractivity contribution is 0.288. The van der Waals surface area contributed by atoms with Gasteiger partial charge in [0.1, 0.15) is 5.75 Å². The molecule has 0 unspecified atom stereocenters. The van der Waals surface area contributed by atoms with Crippen molar-refractivity contribution >= 4 is 7.32 Å². The van der Waals surface area contributed by atoms with Crippen LogP contribution in [0, 0.1) is 0 Å². The molecule has 0 amide bonds. The predicted octanol–water partition coefficient (Wildman–Crippen LogP) is 0.524. The molecule has 68 valence electrons. The highest BCUT2D eigenvalue weighted by atomic mass is 16.6. The highest BCUT2D eigenvalue weighted by molar-refractivity contribution is 6.33. The summed E-state index contributed by atoms with van der Waals surface area (Å²) in [5, 5.41) is 17.2. The molecule has 2 N–H and O–H groups in total. The molecule has 0 radical (unpaired) electrons. The molecular weight excluding hydrogens is 167 g/mol. The van der Waals surface area contributed by atoms with E-state index in [9.17, 15) is 0 Å². The highest BCUT2D eigenvalue weighted by Crippen LogP contribution is 2.25. The third kappa shape index (κ3) is 1.84. The average Bonchev–Trinajstić information content (AvgIpc) is 2.49. The number of benzene rings is 1. The van der Waals surface area contributed by atoms with Crippen LogP contribution in [0.5, 0.6) is 5.75 Å². The molecule has 0 saturated heterocycles. The summed E-state index contributed by atoms with van der Waals surface area (Å²) in [5.74, 6) is 0.524. The van der Waals surface area contributed by atoms with Crippen molar-refractivity contribution in [2.45, 2.75) is 19.3 Å². The van der Waals surface area contributed by atoms with Gasteiger partial charge in [0.2, 0.25) is 0 Å². The molecule has 3 nitrogen and oxygen atoms in total. The van der Waals surface area contributed by atoms with E-state index in [-0.39, 0.29) is 0 Å². The van der Waals surface area contributed by atoms with Crippen LogP contribution in [0.1, 0.15) is 17.5 Å². The minimum Gasteiger partial charge on any atom is -0.512 e. The fraction of sp³-hybridized carbons (Fsp3) is 0.333. The zero-order valence-electron chi connectivity index (χ0n) is 7.23. The number of rotatable bonds is 2. The first-order valence-electron chi connectivity index (χ1n) is 4.40. The van der Waals surface area contributed by atoms with Crippen molar-refractivity contribution in [1.82, 2.24) is 0 Å². The fourth-order valence-electron chi connectivity index (χ4n) is 1.74. The molecule has 0 bridgehead atoms. The van der Waals surface area contributed by atoms with E-state index in [2.05, 4.69) is 0 Å². The standard InChI is InChI=1S/C9H11BO3/c11-10(12)13-9-5-4-7-2-1-3-8(7)6-9/h4-6,11-12H,1-3H2. The molecule has 0 aromatic heterocycles. The molecule has 4 heteroatoms. The molecule has 0 atom stereocenters. The molecule has 0 aliphatic heterocycles. The second-order valence-corrected chi connectivity index (χ2v) is 3.23. The topological polar surface area (TPSA) is 49.7 Å². The number of hydrogen-bond acceptors (Lipinski definition) is 3. The third-order valence-electron chi connectivity index (χ3n) is 2.31. The van der Waals surface area contributed by atoms with Crippen LogP contribution in [-0.2, 0) is 12.8 Å². The van der Waals surface area contributed by atoms with Gasteiger partial charge >= 0.3 is 7.32 Å². The van der Waals surface area contributed by atoms with Crippen LogP contribution in [0.4, 0.5) is 0 Å². The molecule has 1 aromatic carbocycles. The van der Waals surface area contributed by atoms with E-state index in [1.54, 1.807) is 6.07 Å². The first kappa shape index (κ1) is 8.60. The first-order valence-corrected chi connectivity index (χ1v) is 4.40. The highest BCUT2D eigenvalue weighted by Gasteiger charge is 2.14. The summed E-state index contributed by atoms with van der Waals surface area (Å²) in [6.45, 7) is 0. The van der Waals surface area contributed by atoms with Crippen molar-refractivity contribution < 1.29 is 14.7 Å². The zero-order valence-corrected chi connectivity index (χ0v) is 7.23. The Balaban J connectivity index is 2.21. The summed E-state index contributed by atoms with van der Waals surface area (Å²) in [5.41, 5.74) is 2.61. The van der Waals surface area contributed by atoms with Crippen LogP contribution in [-0.4, -0.2) is 17.4 Å². The molecule has 0 fully saturated rings. The normalized spacial score (nSPS) is 14.0. The van der Waals surface area contributed by atoms with Crippen molar-refractivity contribution in [2.24, 2.45) is 0 Å². The van der Waals surface area contributed by atoms with Gasteiger partial charge in [0.15, 0.2) is 0 Å². The van der Waals surface area contributed by atoms with Gasteiger partial charge in [-0.3, -0.25) is 0 Å². The maximum atomic E-state index is 8.59. The van der Waals surface area contributed by atoms with Crippen molar-refractivity contribution in [2.75, 3.05) is 0 Å². The summed E-state index contributed by atoms with van der Waals surface area (Å²) >= 11 is 0. The molecule has 1 aromatic rings. The van der Waals surface area contributed by atoms with Crippen molar-refractivity contribution in [1.29, 1.82) is 0 Å². The minimum atomic E-state index is -1.72. The summed E-state index contributed by atoms with van der Waals surface area (Å²) < 4.78 is 4.75. The lowest BCUT2D eigenvalue weighted by atomic mass is 10.1. The van der Waals surface area contributed by atoms with Gasteiger partial charge in [-0.1, -0.05) is 6.07 Å². The van der Waals surface area contributed by atoms with Gasteiger partial charge in [-0.05, 0) is 42.5 Å². The van der Waals surface area contributed by atoms with E-state index < -0.39 is 7.32 Å². The molecule has 0 spiro atoms. The maximum absolute atomic E-state index is 8.59. The molecule has 1 aliphatic rings. The Morgan fingerprint density at radius 3 is 2.69 bits per heavy atom. The smallest absolute Gasteiger partial charge is 0.512 e. The summed E-state index contributed by atoms with van der Waals surface area (Å²) in [6, 6.07) is 5.63. The van der Waals surface area contributed by atoms with Gasteiger partial charge in [0, 0.05) is 0 Å². The second kappa shape index (κ2) is 3.40. The Labute approximate surface area is 77.1 Å². The van der Waals surface area contributed by atoms with Crippen LogP contribution in [0.3, 0.4) is 0 Å². The van der Waals surface area contributed by atoms with E-state index in [1.807, 2.05) is 12.1 Å².